The number of hydrogen-bond donors (Lipinski definition) is 2. The topological polar surface area (TPSA) is 92.6 Å². The van der Waals surface area contributed by atoms with Crippen LogP contribution in [0, 0.1) is 6.92 Å². The highest BCUT2D eigenvalue weighted by molar-refractivity contribution is 14.0. The summed E-state index contributed by atoms with van der Waals surface area (Å²) >= 11 is 0. The quantitative estimate of drug-likeness (QED) is 0.215. The fourth-order valence-electron chi connectivity index (χ4n) is 3.06. The van der Waals surface area contributed by atoms with Crippen LogP contribution < -0.4 is 10.6 Å². The van der Waals surface area contributed by atoms with Crippen LogP contribution in [0.4, 0.5) is 0 Å². The van der Waals surface area contributed by atoms with E-state index < -0.39 is 0 Å². The predicted molar refractivity (Wildman–Crippen MR) is 132 cm³/mol. The van der Waals surface area contributed by atoms with Crippen molar-refractivity contribution in [2.24, 2.45) is 4.99 Å². The molecular formula is C22H26IN7O. The Morgan fingerprint density at radius 1 is 1.10 bits per heavy atom. The second kappa shape index (κ2) is 10.9. The molecule has 9 heteroatoms. The SMILES string of the molecule is CCNC(=NCc1coc(-c2ccc(C)cc2)n1)NCCc1nnc2ccccn12.I. The van der Waals surface area contributed by atoms with E-state index in [1.54, 1.807) is 6.26 Å². The second-order valence-corrected chi connectivity index (χ2v) is 6.93. The predicted octanol–water partition coefficient (Wildman–Crippen LogP) is 3.61. The molecule has 0 spiro atoms. The van der Waals surface area contributed by atoms with Crippen LogP contribution >= 0.6 is 24.0 Å². The van der Waals surface area contributed by atoms with Crippen molar-refractivity contribution in [2.75, 3.05) is 13.1 Å². The number of fused-ring (bicyclic) bond motifs is 1. The van der Waals surface area contributed by atoms with Crippen LogP contribution in [0.15, 0.2) is 64.3 Å². The van der Waals surface area contributed by atoms with E-state index in [0.717, 1.165) is 41.7 Å². The molecule has 162 valence electrons. The molecule has 1 aromatic carbocycles. The van der Waals surface area contributed by atoms with E-state index in [2.05, 4.69) is 37.7 Å². The van der Waals surface area contributed by atoms with Crippen molar-refractivity contribution in [2.45, 2.75) is 26.8 Å². The Hall–Kier alpha value is -2.95. The molecule has 0 unspecified atom stereocenters. The Balaban J connectivity index is 0.00000272. The first-order valence-corrected chi connectivity index (χ1v) is 10.0. The Labute approximate surface area is 198 Å². The van der Waals surface area contributed by atoms with Crippen molar-refractivity contribution in [1.29, 1.82) is 0 Å². The first-order valence-electron chi connectivity index (χ1n) is 10.0. The minimum Gasteiger partial charge on any atom is -0.444 e. The summed E-state index contributed by atoms with van der Waals surface area (Å²) in [7, 11) is 0. The largest absolute Gasteiger partial charge is 0.444 e. The third-order valence-corrected chi connectivity index (χ3v) is 4.62. The number of aliphatic imine (C=N–C) groups is 1. The Bertz CT molecular complexity index is 1130. The molecule has 3 heterocycles. The van der Waals surface area contributed by atoms with Gasteiger partial charge in [0.05, 0.1) is 6.54 Å². The minimum absolute atomic E-state index is 0. The lowest BCUT2D eigenvalue weighted by Crippen LogP contribution is -2.38. The van der Waals surface area contributed by atoms with Gasteiger partial charge in [-0.3, -0.25) is 4.40 Å². The van der Waals surface area contributed by atoms with Crippen molar-refractivity contribution in [1.82, 2.24) is 30.2 Å². The van der Waals surface area contributed by atoms with Crippen LogP contribution in [-0.4, -0.2) is 38.6 Å². The second-order valence-electron chi connectivity index (χ2n) is 6.93. The molecule has 0 amide bonds. The highest BCUT2D eigenvalue weighted by atomic mass is 127. The third-order valence-electron chi connectivity index (χ3n) is 4.62. The maximum Gasteiger partial charge on any atom is 0.226 e. The van der Waals surface area contributed by atoms with Gasteiger partial charge in [-0.05, 0) is 38.1 Å². The lowest BCUT2D eigenvalue weighted by molar-refractivity contribution is 0.572. The molecule has 2 N–H and O–H groups in total. The molecule has 31 heavy (non-hydrogen) atoms. The molecule has 4 rings (SSSR count). The van der Waals surface area contributed by atoms with Crippen molar-refractivity contribution in [3.8, 4) is 11.5 Å². The van der Waals surface area contributed by atoms with Gasteiger partial charge in [-0.15, -0.1) is 34.2 Å². The number of aryl methyl sites for hydroxylation is 1. The van der Waals surface area contributed by atoms with Gasteiger partial charge in [-0.1, -0.05) is 23.8 Å². The van der Waals surface area contributed by atoms with Crippen LogP contribution in [0.2, 0.25) is 0 Å². The highest BCUT2D eigenvalue weighted by Crippen LogP contribution is 2.19. The summed E-state index contributed by atoms with van der Waals surface area (Å²) < 4.78 is 7.61. The van der Waals surface area contributed by atoms with Gasteiger partial charge in [0.15, 0.2) is 11.6 Å². The van der Waals surface area contributed by atoms with Crippen LogP contribution in [0.1, 0.15) is 24.0 Å². The first-order chi connectivity index (χ1) is 14.7. The number of guanidine groups is 1. The van der Waals surface area contributed by atoms with Gasteiger partial charge in [-0.2, -0.15) is 0 Å². The van der Waals surface area contributed by atoms with Gasteiger partial charge in [0.25, 0.3) is 0 Å². The van der Waals surface area contributed by atoms with Gasteiger partial charge < -0.3 is 15.1 Å². The number of halogens is 1. The van der Waals surface area contributed by atoms with E-state index in [1.165, 1.54) is 5.56 Å². The number of hydrogen-bond acceptors (Lipinski definition) is 5. The zero-order valence-corrected chi connectivity index (χ0v) is 19.9. The molecule has 0 aliphatic rings. The standard InChI is InChI=1S/C22H25N7O.HI/c1-3-23-22(24-12-11-20-28-27-19-6-4-5-13-29(19)20)25-14-18-15-30-21(26-18)17-9-7-16(2)8-10-17;/h4-10,13,15H,3,11-12,14H2,1-2H3,(H2,23,24,25);1H. The van der Waals surface area contributed by atoms with Crippen LogP contribution in [0.5, 0.6) is 0 Å². The smallest absolute Gasteiger partial charge is 0.226 e. The lowest BCUT2D eigenvalue weighted by atomic mass is 10.1. The Kier molecular flexibility index (Phi) is 7.99. The van der Waals surface area contributed by atoms with E-state index in [0.29, 0.717) is 19.0 Å². The molecular weight excluding hydrogens is 505 g/mol. The summed E-state index contributed by atoms with van der Waals surface area (Å²) in [6.07, 6.45) is 4.36. The van der Waals surface area contributed by atoms with Crippen LogP contribution in [0.25, 0.3) is 17.1 Å². The molecule has 0 saturated heterocycles. The number of rotatable bonds is 7. The van der Waals surface area contributed by atoms with E-state index in [1.807, 2.05) is 60.0 Å². The van der Waals surface area contributed by atoms with Crippen molar-refractivity contribution >= 4 is 35.6 Å². The molecule has 8 nitrogen and oxygen atoms in total. The van der Waals surface area contributed by atoms with Crippen molar-refractivity contribution in [3.05, 3.63) is 72.0 Å². The number of nitrogens with zero attached hydrogens (tertiary/aromatic N) is 5. The molecule has 0 atom stereocenters. The Morgan fingerprint density at radius 3 is 2.74 bits per heavy atom. The molecule has 0 aliphatic heterocycles. The van der Waals surface area contributed by atoms with Gasteiger partial charge in [0.2, 0.25) is 5.89 Å². The highest BCUT2D eigenvalue weighted by Gasteiger charge is 2.08. The molecule has 3 aromatic heterocycles. The summed E-state index contributed by atoms with van der Waals surface area (Å²) in [6, 6.07) is 14.0. The van der Waals surface area contributed by atoms with Gasteiger partial charge >= 0.3 is 0 Å². The van der Waals surface area contributed by atoms with Crippen molar-refractivity contribution < 1.29 is 4.42 Å². The number of nitrogens with one attached hydrogen (secondary N) is 2. The van der Waals surface area contributed by atoms with Crippen LogP contribution in [-0.2, 0) is 13.0 Å². The lowest BCUT2D eigenvalue weighted by Gasteiger charge is -2.10. The maximum atomic E-state index is 5.61. The number of benzene rings is 1. The van der Waals surface area contributed by atoms with Gasteiger partial charge in [0.1, 0.15) is 17.8 Å². The van der Waals surface area contributed by atoms with E-state index in [4.69, 9.17) is 4.42 Å². The first kappa shape index (κ1) is 22.7. The summed E-state index contributed by atoms with van der Waals surface area (Å²) in [4.78, 5) is 9.16. The zero-order valence-electron chi connectivity index (χ0n) is 17.6. The monoisotopic (exact) mass is 531 g/mol. The fourth-order valence-corrected chi connectivity index (χ4v) is 3.06. The number of pyridine rings is 1. The maximum absolute atomic E-state index is 5.61. The summed E-state index contributed by atoms with van der Waals surface area (Å²) in [5, 5.41) is 15.0. The summed E-state index contributed by atoms with van der Waals surface area (Å²) in [5.41, 5.74) is 3.80. The fraction of sp³-hybridized carbons (Fsp3) is 0.273. The van der Waals surface area contributed by atoms with E-state index in [9.17, 15) is 0 Å². The average molecular weight is 531 g/mol. The van der Waals surface area contributed by atoms with Gasteiger partial charge in [0, 0.05) is 31.3 Å². The number of oxazole rings is 1. The van der Waals surface area contributed by atoms with Crippen molar-refractivity contribution in [3.63, 3.8) is 0 Å². The normalized spacial score (nSPS) is 11.4. The molecule has 4 aromatic rings. The molecule has 0 bridgehead atoms. The molecule has 0 radical (unpaired) electrons. The minimum atomic E-state index is 0. The average Bonchev–Trinajstić information content (AvgIpc) is 3.40. The van der Waals surface area contributed by atoms with Crippen LogP contribution in [0.3, 0.4) is 0 Å². The number of aromatic nitrogens is 4. The van der Waals surface area contributed by atoms with Gasteiger partial charge in [-0.25, -0.2) is 9.98 Å². The zero-order chi connectivity index (χ0) is 20.8. The third kappa shape index (κ3) is 5.81. The molecule has 0 fully saturated rings. The Morgan fingerprint density at radius 2 is 1.94 bits per heavy atom. The molecule has 0 saturated carbocycles. The molecule has 0 aliphatic carbocycles. The van der Waals surface area contributed by atoms with E-state index >= 15 is 0 Å². The van der Waals surface area contributed by atoms with E-state index in [-0.39, 0.29) is 24.0 Å². The summed E-state index contributed by atoms with van der Waals surface area (Å²) in [6.45, 7) is 5.98. The summed E-state index contributed by atoms with van der Waals surface area (Å²) in [5.74, 6) is 2.25.